The molecule has 0 radical (unpaired) electrons. The van der Waals surface area contributed by atoms with E-state index in [4.69, 9.17) is 58.0 Å². The third kappa shape index (κ3) is 7.43. The first-order valence-corrected chi connectivity index (χ1v) is 13.6. The lowest BCUT2D eigenvalue weighted by atomic mass is 10.0. The number of thioether (sulfide) groups is 1. The van der Waals surface area contributed by atoms with Crippen LogP contribution >= 0.6 is 69.8 Å². The highest BCUT2D eigenvalue weighted by molar-refractivity contribution is 7.99. The number of hydrogen-bond donors (Lipinski definition) is 2. The van der Waals surface area contributed by atoms with Crippen molar-refractivity contribution >= 4 is 87.3 Å². The van der Waals surface area contributed by atoms with Crippen molar-refractivity contribution in [2.24, 2.45) is 13.0 Å². The van der Waals surface area contributed by atoms with Gasteiger partial charge in [-0.05, 0) is 42.7 Å². The van der Waals surface area contributed by atoms with Crippen LogP contribution in [0.25, 0.3) is 0 Å². The third-order valence-electron chi connectivity index (χ3n) is 4.98. The number of hydrogen-bond acceptors (Lipinski definition) is 5. The molecule has 0 bridgehead atoms. The van der Waals surface area contributed by atoms with Gasteiger partial charge in [0, 0.05) is 12.1 Å². The van der Waals surface area contributed by atoms with Crippen LogP contribution in [0.2, 0.25) is 25.1 Å². The van der Waals surface area contributed by atoms with Gasteiger partial charge in [-0.25, -0.2) is 0 Å². The maximum atomic E-state index is 12.9. The second kappa shape index (κ2) is 12.7. The normalized spacial score (nSPS) is 12.0. The molecule has 0 aliphatic rings. The summed E-state index contributed by atoms with van der Waals surface area (Å²) in [5, 5.41) is 16.2. The van der Waals surface area contributed by atoms with Crippen LogP contribution in [0.15, 0.2) is 35.5 Å². The van der Waals surface area contributed by atoms with Gasteiger partial charge in [-0.2, -0.15) is 0 Å². The molecule has 1 heterocycles. The number of nitrogens with one attached hydrogen (secondary N) is 2. The van der Waals surface area contributed by atoms with E-state index >= 15 is 0 Å². The molecule has 0 aliphatic heterocycles. The molecule has 2 aromatic carbocycles. The van der Waals surface area contributed by atoms with Crippen molar-refractivity contribution < 1.29 is 9.59 Å². The molecule has 3 aromatic rings. The SMILES string of the molecule is CC(C)C[C@H](NC(=O)c1ccc(Cl)cc1Cl)c1nnc(SCC(=O)Nc2cc(Cl)c(Cl)cc2Cl)n1C. The van der Waals surface area contributed by atoms with Gasteiger partial charge in [0.15, 0.2) is 11.0 Å². The van der Waals surface area contributed by atoms with Crippen LogP contribution in [0.3, 0.4) is 0 Å². The maximum Gasteiger partial charge on any atom is 0.253 e. The van der Waals surface area contributed by atoms with E-state index in [-0.39, 0.29) is 38.6 Å². The minimum Gasteiger partial charge on any atom is -0.342 e. The van der Waals surface area contributed by atoms with Crippen LogP contribution in [-0.2, 0) is 11.8 Å². The van der Waals surface area contributed by atoms with E-state index in [0.29, 0.717) is 38.7 Å². The lowest BCUT2D eigenvalue weighted by Crippen LogP contribution is -2.31. The van der Waals surface area contributed by atoms with Gasteiger partial charge in [0.05, 0.1) is 43.1 Å². The monoisotopic (exact) mass is 607 g/mol. The molecule has 1 atom stereocenters. The predicted molar refractivity (Wildman–Crippen MR) is 148 cm³/mol. The largest absolute Gasteiger partial charge is 0.342 e. The number of carbonyl (C=O) groups is 2. The fourth-order valence-electron chi connectivity index (χ4n) is 3.30. The van der Waals surface area contributed by atoms with E-state index in [9.17, 15) is 9.59 Å². The highest BCUT2D eigenvalue weighted by Crippen LogP contribution is 2.32. The Labute approximate surface area is 238 Å². The van der Waals surface area contributed by atoms with Gasteiger partial charge < -0.3 is 15.2 Å². The van der Waals surface area contributed by atoms with Gasteiger partial charge in [-0.15, -0.1) is 10.2 Å². The fourth-order valence-corrected chi connectivity index (χ4v) is 5.11. The average molecular weight is 610 g/mol. The fraction of sp³-hybridized carbons (Fsp3) is 0.304. The summed E-state index contributed by atoms with van der Waals surface area (Å²) < 4.78 is 1.75. The number of aromatic nitrogens is 3. The zero-order chi connectivity index (χ0) is 26.6. The number of carbonyl (C=O) groups excluding carboxylic acids is 2. The van der Waals surface area contributed by atoms with Crippen molar-refractivity contribution in [2.75, 3.05) is 11.1 Å². The van der Waals surface area contributed by atoms with Crippen LogP contribution in [0, 0.1) is 5.92 Å². The summed E-state index contributed by atoms with van der Waals surface area (Å²) in [7, 11) is 1.78. The smallest absolute Gasteiger partial charge is 0.253 e. The highest BCUT2D eigenvalue weighted by Gasteiger charge is 2.24. The minimum absolute atomic E-state index is 0.0458. The second-order valence-electron chi connectivity index (χ2n) is 8.26. The highest BCUT2D eigenvalue weighted by atomic mass is 35.5. The van der Waals surface area contributed by atoms with Gasteiger partial charge in [-0.3, -0.25) is 9.59 Å². The van der Waals surface area contributed by atoms with E-state index in [1.165, 1.54) is 30.0 Å². The number of anilines is 1. The van der Waals surface area contributed by atoms with E-state index in [0.717, 1.165) is 0 Å². The van der Waals surface area contributed by atoms with Crippen molar-refractivity contribution in [2.45, 2.75) is 31.5 Å². The van der Waals surface area contributed by atoms with Gasteiger partial charge in [0.1, 0.15) is 0 Å². The van der Waals surface area contributed by atoms with E-state index in [1.807, 2.05) is 13.8 Å². The van der Waals surface area contributed by atoms with Gasteiger partial charge in [-0.1, -0.05) is 83.6 Å². The predicted octanol–water partition coefficient (Wildman–Crippen LogP) is 7.33. The lowest BCUT2D eigenvalue weighted by molar-refractivity contribution is -0.113. The van der Waals surface area contributed by atoms with Crippen LogP contribution in [0.1, 0.15) is 42.5 Å². The Morgan fingerprint density at radius 2 is 1.67 bits per heavy atom. The van der Waals surface area contributed by atoms with Gasteiger partial charge >= 0.3 is 0 Å². The van der Waals surface area contributed by atoms with Crippen molar-refractivity contribution in [3.8, 4) is 0 Å². The standard InChI is InChI=1S/C23H22Cl5N5O2S/c1-11(2)6-19(30-22(35)13-5-4-12(24)7-14(13)25)21-31-32-23(33(21)3)36-10-20(34)29-18-9-16(27)15(26)8-17(18)28/h4-5,7-9,11,19H,6,10H2,1-3H3,(H,29,34)(H,30,35)/t19-/m0/s1. The zero-order valence-electron chi connectivity index (χ0n) is 19.4. The van der Waals surface area contributed by atoms with Crippen molar-refractivity contribution in [3.05, 3.63) is 66.8 Å². The molecule has 0 spiro atoms. The molecule has 0 saturated heterocycles. The number of nitrogens with zero attached hydrogens (tertiary/aromatic N) is 3. The molecule has 0 saturated carbocycles. The molecular weight excluding hydrogens is 588 g/mol. The molecule has 2 amide bonds. The zero-order valence-corrected chi connectivity index (χ0v) is 24.0. The molecule has 0 fully saturated rings. The second-order valence-corrected chi connectivity index (χ2v) is 11.3. The summed E-state index contributed by atoms with van der Waals surface area (Å²) in [6.45, 7) is 4.08. The molecule has 3 rings (SSSR count). The number of amides is 2. The first-order valence-electron chi connectivity index (χ1n) is 10.7. The minimum atomic E-state index is -0.431. The Hall–Kier alpha value is -1.68. The molecule has 1 aromatic heterocycles. The third-order valence-corrected chi connectivity index (χ3v) is 7.59. The number of halogens is 5. The summed E-state index contributed by atoms with van der Waals surface area (Å²) in [5.41, 5.74) is 0.667. The quantitative estimate of drug-likeness (QED) is 0.196. The first kappa shape index (κ1) is 28.9. The Balaban J connectivity index is 1.71. The lowest BCUT2D eigenvalue weighted by Gasteiger charge is -2.20. The summed E-state index contributed by atoms with van der Waals surface area (Å²) in [5.74, 6) is 0.194. The Bertz CT molecular complexity index is 1280. The van der Waals surface area contributed by atoms with Crippen molar-refractivity contribution in [3.63, 3.8) is 0 Å². The number of benzene rings is 2. The summed E-state index contributed by atoms with van der Waals surface area (Å²) in [6, 6.07) is 7.21. The first-order chi connectivity index (χ1) is 17.0. The summed E-state index contributed by atoms with van der Waals surface area (Å²) in [4.78, 5) is 25.4. The van der Waals surface area contributed by atoms with E-state index in [1.54, 1.807) is 23.7 Å². The Kier molecular flexibility index (Phi) is 10.2. The molecule has 0 unspecified atom stereocenters. The van der Waals surface area contributed by atoms with Gasteiger partial charge in [0.2, 0.25) is 5.91 Å². The van der Waals surface area contributed by atoms with Gasteiger partial charge in [0.25, 0.3) is 5.91 Å². The average Bonchev–Trinajstić information content (AvgIpc) is 3.15. The van der Waals surface area contributed by atoms with Crippen molar-refractivity contribution in [1.29, 1.82) is 0 Å². The maximum absolute atomic E-state index is 12.9. The summed E-state index contributed by atoms with van der Waals surface area (Å²) in [6.07, 6.45) is 0.615. The Morgan fingerprint density at radius 1 is 0.972 bits per heavy atom. The van der Waals surface area contributed by atoms with Crippen LogP contribution in [0.4, 0.5) is 5.69 Å². The summed E-state index contributed by atoms with van der Waals surface area (Å²) >= 11 is 31.4. The van der Waals surface area contributed by atoms with E-state index in [2.05, 4.69) is 20.8 Å². The van der Waals surface area contributed by atoms with Crippen molar-refractivity contribution in [1.82, 2.24) is 20.1 Å². The molecular formula is C23H22Cl5N5O2S. The van der Waals surface area contributed by atoms with Crippen LogP contribution < -0.4 is 10.6 Å². The number of rotatable bonds is 9. The Morgan fingerprint density at radius 3 is 2.33 bits per heavy atom. The molecule has 7 nitrogen and oxygen atoms in total. The molecule has 13 heteroatoms. The molecule has 0 aliphatic carbocycles. The van der Waals surface area contributed by atoms with Crippen LogP contribution in [0.5, 0.6) is 0 Å². The topological polar surface area (TPSA) is 88.9 Å². The van der Waals surface area contributed by atoms with Crippen LogP contribution in [-0.4, -0.2) is 32.3 Å². The van der Waals surface area contributed by atoms with E-state index < -0.39 is 6.04 Å². The molecule has 192 valence electrons. The molecule has 2 N–H and O–H groups in total. The molecule has 36 heavy (non-hydrogen) atoms.